The molecule has 5 nitrogen and oxygen atoms in total. The second-order valence-electron chi connectivity index (χ2n) is 5.40. The van der Waals surface area contributed by atoms with Gasteiger partial charge in [0, 0.05) is 0 Å². The maximum atomic E-state index is 6.34. The zero-order chi connectivity index (χ0) is 16.9. The van der Waals surface area contributed by atoms with Crippen molar-refractivity contribution < 1.29 is 14.0 Å². The highest BCUT2D eigenvalue weighted by Gasteiger charge is 2.19. The number of aromatic nitrogens is 2. The number of hydrogen-bond acceptors (Lipinski definition) is 3. The van der Waals surface area contributed by atoms with E-state index in [9.17, 15) is 0 Å². The van der Waals surface area contributed by atoms with Gasteiger partial charge in [0.25, 0.3) is 0 Å². The Labute approximate surface area is 141 Å². The second-order valence-corrected chi connectivity index (χ2v) is 5.40. The van der Waals surface area contributed by atoms with Crippen molar-refractivity contribution >= 4 is 17.0 Å². The van der Waals surface area contributed by atoms with Crippen LogP contribution in [0.3, 0.4) is 0 Å². The van der Waals surface area contributed by atoms with Gasteiger partial charge in [-0.25, -0.2) is 9.13 Å². The fraction of sp³-hybridized carbons (Fsp3) is 0.211. The summed E-state index contributed by atoms with van der Waals surface area (Å²) in [6, 6.07) is 15.8. The highest BCUT2D eigenvalue weighted by Crippen LogP contribution is 2.25. The molecule has 5 heteroatoms. The minimum absolute atomic E-state index is 0.497. The summed E-state index contributed by atoms with van der Waals surface area (Å²) in [6.45, 7) is 5.63. The largest absolute Gasteiger partial charge is 0.493 e. The highest BCUT2D eigenvalue weighted by atomic mass is 16.5. The molecule has 24 heavy (non-hydrogen) atoms. The Balaban J connectivity index is 1.83. The molecule has 0 atom stereocenters. The topological polar surface area (TPSA) is 53.3 Å². The van der Waals surface area contributed by atoms with Crippen LogP contribution in [0, 0.1) is 0 Å². The number of allylic oxidation sites excluding steroid dienone is 1. The smallest absolute Gasteiger partial charge is 0.356 e. The Morgan fingerprint density at radius 1 is 1.12 bits per heavy atom. The first-order valence-electron chi connectivity index (χ1n) is 7.89. The average Bonchev–Trinajstić information content (AvgIpc) is 2.88. The number of nitrogens with zero attached hydrogens (tertiary/aromatic N) is 2. The number of nitrogen functional groups attached to an aromatic ring is 1. The number of methoxy groups -OCH3 is 1. The lowest BCUT2D eigenvalue weighted by atomic mass is 10.3. The zero-order valence-electron chi connectivity index (χ0n) is 13.8. The van der Waals surface area contributed by atoms with Crippen LogP contribution in [0.25, 0.3) is 11.0 Å². The molecule has 0 aliphatic carbocycles. The van der Waals surface area contributed by atoms with Crippen molar-refractivity contribution in [2.75, 3.05) is 19.5 Å². The zero-order valence-corrected chi connectivity index (χ0v) is 13.8. The standard InChI is InChI=1S/C19H21N3O2/c1-3-12-21-15-8-4-5-9-16(15)22(19(21)20)13-14-24-18-11-7-6-10-17(18)23-2/h3-11,20H,1,12-14H2,2H3/p+1. The van der Waals surface area contributed by atoms with Crippen LogP contribution in [0.5, 0.6) is 11.5 Å². The van der Waals surface area contributed by atoms with E-state index < -0.39 is 0 Å². The van der Waals surface area contributed by atoms with E-state index in [2.05, 4.69) is 23.3 Å². The summed E-state index contributed by atoms with van der Waals surface area (Å²) in [7, 11) is 1.64. The van der Waals surface area contributed by atoms with Crippen LogP contribution >= 0.6 is 0 Å². The third-order valence-electron chi connectivity index (χ3n) is 3.97. The molecule has 0 aliphatic heterocycles. The second kappa shape index (κ2) is 7.08. The highest BCUT2D eigenvalue weighted by molar-refractivity contribution is 5.73. The summed E-state index contributed by atoms with van der Waals surface area (Å²) in [4.78, 5) is 0. The molecule has 0 radical (unpaired) electrons. The summed E-state index contributed by atoms with van der Waals surface area (Å²) in [5.41, 5.74) is 8.51. The van der Waals surface area contributed by atoms with Crippen molar-refractivity contribution in [1.29, 1.82) is 0 Å². The van der Waals surface area contributed by atoms with Crippen molar-refractivity contribution in [3.63, 3.8) is 0 Å². The summed E-state index contributed by atoms with van der Waals surface area (Å²) in [6.07, 6.45) is 1.85. The molecule has 3 aromatic rings. The number of fused-ring (bicyclic) bond motifs is 1. The summed E-state index contributed by atoms with van der Waals surface area (Å²) < 4.78 is 15.3. The molecule has 124 valence electrons. The molecule has 3 rings (SSSR count). The molecule has 0 fully saturated rings. The fourth-order valence-corrected chi connectivity index (χ4v) is 2.85. The van der Waals surface area contributed by atoms with Gasteiger partial charge in [-0.05, 0) is 24.3 Å². The van der Waals surface area contributed by atoms with Gasteiger partial charge in [-0.3, -0.25) is 5.73 Å². The van der Waals surface area contributed by atoms with Crippen LogP contribution < -0.4 is 19.8 Å². The molecule has 1 heterocycles. The van der Waals surface area contributed by atoms with E-state index in [4.69, 9.17) is 15.2 Å². The first kappa shape index (κ1) is 15.9. The molecule has 1 aromatic heterocycles. The van der Waals surface area contributed by atoms with Gasteiger partial charge in [0.15, 0.2) is 11.5 Å². The summed E-state index contributed by atoms with van der Waals surface area (Å²) >= 11 is 0. The molecule has 0 spiro atoms. The van der Waals surface area contributed by atoms with Gasteiger partial charge in [0.1, 0.15) is 24.2 Å². The Bertz CT molecular complexity index is 855. The van der Waals surface area contributed by atoms with Crippen molar-refractivity contribution in [2.24, 2.45) is 0 Å². The number of anilines is 1. The van der Waals surface area contributed by atoms with Crippen LogP contribution in [0.4, 0.5) is 5.95 Å². The summed E-state index contributed by atoms with van der Waals surface area (Å²) in [5.74, 6) is 2.15. The number of imidazole rings is 1. The van der Waals surface area contributed by atoms with Crippen molar-refractivity contribution in [3.05, 3.63) is 61.2 Å². The van der Waals surface area contributed by atoms with Crippen molar-refractivity contribution in [3.8, 4) is 11.5 Å². The predicted molar refractivity (Wildman–Crippen MR) is 95.2 cm³/mol. The van der Waals surface area contributed by atoms with E-state index in [1.54, 1.807) is 7.11 Å². The quantitative estimate of drug-likeness (QED) is 0.537. The SMILES string of the molecule is C=CCn1c(N)[n+](CCOc2ccccc2OC)c2ccccc21. The van der Waals surface area contributed by atoms with Crippen LogP contribution in [0.15, 0.2) is 61.2 Å². The Morgan fingerprint density at radius 3 is 2.58 bits per heavy atom. The normalized spacial score (nSPS) is 10.7. The Morgan fingerprint density at radius 2 is 1.83 bits per heavy atom. The van der Waals surface area contributed by atoms with Crippen molar-refractivity contribution in [2.45, 2.75) is 13.1 Å². The van der Waals surface area contributed by atoms with Gasteiger partial charge in [-0.2, -0.15) is 0 Å². The van der Waals surface area contributed by atoms with E-state index in [1.807, 2.05) is 47.0 Å². The molecule has 0 saturated carbocycles. The first-order valence-corrected chi connectivity index (χ1v) is 7.89. The van der Waals surface area contributed by atoms with Crippen LogP contribution in [0.2, 0.25) is 0 Å². The molecule has 2 aromatic carbocycles. The monoisotopic (exact) mass is 324 g/mol. The average molecular weight is 324 g/mol. The lowest BCUT2D eigenvalue weighted by molar-refractivity contribution is -0.658. The van der Waals surface area contributed by atoms with E-state index in [0.29, 0.717) is 25.6 Å². The third kappa shape index (κ3) is 2.93. The Kier molecular flexibility index (Phi) is 4.70. The number of nitrogens with two attached hydrogens (primary N) is 1. The molecular weight excluding hydrogens is 302 g/mol. The molecule has 2 N–H and O–H groups in total. The number of para-hydroxylation sites is 4. The first-order chi connectivity index (χ1) is 11.8. The number of ether oxygens (including phenoxy) is 2. The van der Waals surface area contributed by atoms with Gasteiger partial charge in [-0.1, -0.05) is 36.9 Å². The minimum Gasteiger partial charge on any atom is -0.493 e. The molecule has 0 amide bonds. The maximum Gasteiger partial charge on any atom is 0.356 e. The van der Waals surface area contributed by atoms with E-state index >= 15 is 0 Å². The fourth-order valence-electron chi connectivity index (χ4n) is 2.85. The van der Waals surface area contributed by atoms with Crippen LogP contribution in [0.1, 0.15) is 0 Å². The van der Waals surface area contributed by atoms with Gasteiger partial charge in [0.2, 0.25) is 0 Å². The molecule has 0 saturated heterocycles. The van der Waals surface area contributed by atoms with E-state index in [0.717, 1.165) is 22.5 Å². The lowest BCUT2D eigenvalue weighted by Crippen LogP contribution is -2.39. The summed E-state index contributed by atoms with van der Waals surface area (Å²) in [5, 5.41) is 0. The van der Waals surface area contributed by atoms with Gasteiger partial charge >= 0.3 is 5.95 Å². The molecule has 0 bridgehead atoms. The number of benzene rings is 2. The molecule has 0 aliphatic rings. The lowest BCUT2D eigenvalue weighted by Gasteiger charge is -2.10. The molecular formula is C19H22N3O2+. The van der Waals surface area contributed by atoms with Gasteiger partial charge in [-0.15, -0.1) is 0 Å². The van der Waals surface area contributed by atoms with Crippen molar-refractivity contribution in [1.82, 2.24) is 4.57 Å². The predicted octanol–water partition coefficient (Wildman–Crippen LogP) is 2.78. The number of rotatable bonds is 7. The van der Waals surface area contributed by atoms with Gasteiger partial charge in [0.05, 0.1) is 13.7 Å². The Hall–Kier alpha value is -2.95. The van der Waals surface area contributed by atoms with Crippen LogP contribution in [-0.4, -0.2) is 18.3 Å². The maximum absolute atomic E-state index is 6.34. The van der Waals surface area contributed by atoms with E-state index in [1.165, 1.54) is 0 Å². The molecule has 0 unspecified atom stereocenters. The third-order valence-corrected chi connectivity index (χ3v) is 3.97. The van der Waals surface area contributed by atoms with Crippen LogP contribution in [-0.2, 0) is 13.1 Å². The van der Waals surface area contributed by atoms with Gasteiger partial charge < -0.3 is 9.47 Å². The minimum atomic E-state index is 0.497. The van der Waals surface area contributed by atoms with E-state index in [-0.39, 0.29) is 0 Å². The number of hydrogen-bond donors (Lipinski definition) is 1.